The van der Waals surface area contributed by atoms with Gasteiger partial charge in [0.2, 0.25) is 0 Å². The van der Waals surface area contributed by atoms with Gasteiger partial charge >= 0.3 is 0 Å². The third-order valence-corrected chi connectivity index (χ3v) is 3.69. The molecule has 0 radical (unpaired) electrons. The molecule has 0 bridgehead atoms. The van der Waals surface area contributed by atoms with Crippen LogP contribution in [-0.4, -0.2) is 20.2 Å². The Balaban J connectivity index is 1.52. The van der Waals surface area contributed by atoms with Crippen molar-refractivity contribution in [1.82, 2.24) is 20.2 Å². The van der Waals surface area contributed by atoms with Crippen LogP contribution in [0.25, 0.3) is 22.5 Å². The Hall–Kier alpha value is -3.41. The van der Waals surface area contributed by atoms with E-state index in [1.165, 1.54) is 0 Å². The van der Waals surface area contributed by atoms with Crippen molar-refractivity contribution in [3.05, 3.63) is 72.6 Å². The lowest BCUT2D eigenvalue weighted by Crippen LogP contribution is -1.98. The molecule has 6 nitrogen and oxygen atoms in total. The van der Waals surface area contributed by atoms with E-state index in [4.69, 9.17) is 10.3 Å². The van der Waals surface area contributed by atoms with Crippen LogP contribution in [0.3, 0.4) is 0 Å². The lowest BCUT2D eigenvalue weighted by atomic mass is 10.1. The fraction of sp³-hybridized carbons (Fsp3) is 0.0556. The lowest BCUT2D eigenvalue weighted by Gasteiger charge is -1.96. The zero-order chi connectivity index (χ0) is 16.4. The molecule has 0 saturated carbocycles. The quantitative estimate of drug-likeness (QED) is 0.584. The molecule has 2 aromatic heterocycles. The van der Waals surface area contributed by atoms with Gasteiger partial charge in [-0.15, -0.1) is 5.10 Å². The van der Waals surface area contributed by atoms with Crippen LogP contribution in [0.1, 0.15) is 5.76 Å². The van der Waals surface area contributed by atoms with Crippen molar-refractivity contribution < 1.29 is 4.52 Å². The Labute approximate surface area is 138 Å². The molecule has 24 heavy (non-hydrogen) atoms. The summed E-state index contributed by atoms with van der Waals surface area (Å²) in [4.78, 5) is 0. The summed E-state index contributed by atoms with van der Waals surface area (Å²) in [7, 11) is 0. The number of nitrogens with zero attached hydrogens (tertiary/aromatic N) is 4. The minimum Gasteiger partial charge on any atom is -0.399 e. The monoisotopic (exact) mass is 317 g/mol. The van der Waals surface area contributed by atoms with Crippen LogP contribution in [0.4, 0.5) is 5.69 Å². The SMILES string of the molecule is Nc1ccc(-c2cn(Cc3cc(-c4ccccc4)no3)nn2)cc1. The van der Waals surface area contributed by atoms with Crippen LogP contribution in [0, 0.1) is 0 Å². The van der Waals surface area contributed by atoms with Crippen LogP contribution < -0.4 is 5.73 Å². The highest BCUT2D eigenvalue weighted by Crippen LogP contribution is 2.20. The summed E-state index contributed by atoms with van der Waals surface area (Å²) >= 11 is 0. The first-order chi connectivity index (χ1) is 11.8. The number of rotatable bonds is 4. The topological polar surface area (TPSA) is 82.8 Å². The molecule has 2 aromatic carbocycles. The van der Waals surface area contributed by atoms with Crippen LogP contribution in [0.2, 0.25) is 0 Å². The molecule has 6 heteroatoms. The van der Waals surface area contributed by atoms with Gasteiger partial charge in [-0.1, -0.05) is 52.8 Å². The molecule has 2 heterocycles. The zero-order valence-electron chi connectivity index (χ0n) is 12.8. The molecule has 2 N–H and O–H groups in total. The summed E-state index contributed by atoms with van der Waals surface area (Å²) in [5.41, 5.74) is 10.0. The first-order valence-corrected chi connectivity index (χ1v) is 7.55. The molecule has 4 rings (SSSR count). The third kappa shape index (κ3) is 2.89. The Kier molecular flexibility index (Phi) is 3.55. The number of hydrogen-bond acceptors (Lipinski definition) is 5. The van der Waals surface area contributed by atoms with E-state index in [-0.39, 0.29) is 0 Å². The number of nitrogens with two attached hydrogens (primary N) is 1. The molecule has 0 spiro atoms. The number of aromatic nitrogens is 4. The van der Waals surface area contributed by atoms with Crippen molar-refractivity contribution in [1.29, 1.82) is 0 Å². The molecular weight excluding hydrogens is 302 g/mol. The molecule has 0 unspecified atom stereocenters. The summed E-state index contributed by atoms with van der Waals surface area (Å²) in [6, 6.07) is 19.4. The van der Waals surface area contributed by atoms with E-state index < -0.39 is 0 Å². The number of benzene rings is 2. The van der Waals surface area contributed by atoms with E-state index in [2.05, 4.69) is 15.5 Å². The Morgan fingerprint density at radius 2 is 1.67 bits per heavy atom. The zero-order valence-corrected chi connectivity index (χ0v) is 12.8. The highest BCUT2D eigenvalue weighted by atomic mass is 16.5. The van der Waals surface area contributed by atoms with E-state index in [0.29, 0.717) is 6.54 Å². The molecule has 0 saturated heterocycles. The molecular formula is C18H15N5O. The minimum absolute atomic E-state index is 0.474. The first-order valence-electron chi connectivity index (χ1n) is 7.55. The van der Waals surface area contributed by atoms with Gasteiger partial charge in [-0.2, -0.15) is 0 Å². The van der Waals surface area contributed by atoms with Crippen molar-refractivity contribution in [3.63, 3.8) is 0 Å². The van der Waals surface area contributed by atoms with Crippen molar-refractivity contribution in [2.24, 2.45) is 0 Å². The summed E-state index contributed by atoms with van der Waals surface area (Å²) in [6.45, 7) is 0.474. The van der Waals surface area contributed by atoms with Gasteiger partial charge in [-0.05, 0) is 12.1 Å². The number of nitrogen functional groups attached to an aromatic ring is 1. The Morgan fingerprint density at radius 1 is 0.917 bits per heavy atom. The second kappa shape index (κ2) is 6.00. The standard InChI is InChI=1S/C18H15N5O/c19-15-8-6-14(7-9-15)18-12-23(22-20-18)11-16-10-17(21-24-16)13-4-2-1-3-5-13/h1-10,12H,11,19H2. The van der Waals surface area contributed by atoms with Gasteiger partial charge in [0.15, 0.2) is 5.76 Å². The maximum atomic E-state index is 5.70. The Bertz CT molecular complexity index is 941. The molecule has 0 atom stereocenters. The smallest absolute Gasteiger partial charge is 0.158 e. The van der Waals surface area contributed by atoms with Gasteiger partial charge in [0, 0.05) is 22.9 Å². The Morgan fingerprint density at radius 3 is 2.46 bits per heavy atom. The van der Waals surface area contributed by atoms with Crippen molar-refractivity contribution in [2.75, 3.05) is 5.73 Å². The summed E-state index contributed by atoms with van der Waals surface area (Å²) in [5.74, 6) is 0.725. The second-order valence-electron chi connectivity index (χ2n) is 5.47. The largest absolute Gasteiger partial charge is 0.399 e. The molecule has 0 aliphatic heterocycles. The van der Waals surface area contributed by atoms with E-state index in [1.807, 2.05) is 66.9 Å². The molecule has 0 amide bonds. The molecule has 0 aliphatic rings. The van der Waals surface area contributed by atoms with Crippen molar-refractivity contribution >= 4 is 5.69 Å². The van der Waals surface area contributed by atoms with E-state index >= 15 is 0 Å². The highest BCUT2D eigenvalue weighted by Gasteiger charge is 2.09. The molecule has 0 aliphatic carbocycles. The normalized spacial score (nSPS) is 10.8. The second-order valence-corrected chi connectivity index (χ2v) is 5.47. The third-order valence-electron chi connectivity index (χ3n) is 3.69. The molecule has 118 valence electrons. The van der Waals surface area contributed by atoms with Crippen LogP contribution in [0.15, 0.2) is 71.4 Å². The van der Waals surface area contributed by atoms with Crippen LogP contribution in [-0.2, 0) is 6.54 Å². The van der Waals surface area contributed by atoms with E-state index in [0.717, 1.165) is 34.0 Å². The lowest BCUT2D eigenvalue weighted by molar-refractivity contribution is 0.372. The molecule has 0 fully saturated rings. The highest BCUT2D eigenvalue weighted by molar-refractivity contribution is 5.61. The summed E-state index contributed by atoms with van der Waals surface area (Å²) < 4.78 is 7.12. The maximum Gasteiger partial charge on any atom is 0.158 e. The van der Waals surface area contributed by atoms with Gasteiger partial charge in [0.1, 0.15) is 17.9 Å². The predicted octanol–water partition coefficient (Wildman–Crippen LogP) is 3.23. The number of hydrogen-bond donors (Lipinski definition) is 1. The molecule has 4 aromatic rings. The average molecular weight is 317 g/mol. The van der Waals surface area contributed by atoms with Crippen molar-refractivity contribution in [2.45, 2.75) is 6.54 Å². The summed E-state index contributed by atoms with van der Waals surface area (Å²) in [5, 5.41) is 12.4. The predicted molar refractivity (Wildman–Crippen MR) is 90.9 cm³/mol. The summed E-state index contributed by atoms with van der Waals surface area (Å²) in [6.07, 6.45) is 1.87. The average Bonchev–Trinajstić information content (AvgIpc) is 3.27. The van der Waals surface area contributed by atoms with Gasteiger partial charge in [0.25, 0.3) is 0 Å². The van der Waals surface area contributed by atoms with E-state index in [9.17, 15) is 0 Å². The first kappa shape index (κ1) is 14.2. The minimum atomic E-state index is 0.474. The maximum absolute atomic E-state index is 5.70. The van der Waals surface area contributed by atoms with Gasteiger partial charge < -0.3 is 10.3 Å². The fourth-order valence-corrected chi connectivity index (χ4v) is 2.45. The van der Waals surface area contributed by atoms with Crippen LogP contribution in [0.5, 0.6) is 0 Å². The van der Waals surface area contributed by atoms with Crippen molar-refractivity contribution in [3.8, 4) is 22.5 Å². The fourth-order valence-electron chi connectivity index (χ4n) is 2.45. The number of anilines is 1. The van der Waals surface area contributed by atoms with Gasteiger partial charge in [0.05, 0.1) is 6.20 Å². The van der Waals surface area contributed by atoms with Gasteiger partial charge in [-0.3, -0.25) is 0 Å². The van der Waals surface area contributed by atoms with Crippen LogP contribution >= 0.6 is 0 Å². The van der Waals surface area contributed by atoms with E-state index in [1.54, 1.807) is 4.68 Å². The van der Waals surface area contributed by atoms with Gasteiger partial charge in [-0.25, -0.2) is 4.68 Å².